The van der Waals surface area contributed by atoms with Crippen molar-refractivity contribution >= 4 is 26.1 Å². The largest absolute Gasteiger partial charge is 0.454 e. The maximum atomic E-state index is 14.1. The van der Waals surface area contributed by atoms with Crippen LogP contribution in [-0.4, -0.2) is 121 Å². The molecule has 0 saturated carbocycles. The van der Waals surface area contributed by atoms with E-state index in [1.54, 1.807) is 28.6 Å². The molecule has 392 valence electrons. The van der Waals surface area contributed by atoms with Crippen LogP contribution in [0.3, 0.4) is 0 Å². The molecule has 4 N–H and O–H groups in total. The van der Waals surface area contributed by atoms with Crippen LogP contribution in [0.5, 0.6) is 23.0 Å². The lowest BCUT2D eigenvalue weighted by Crippen LogP contribution is -2.52. The molecule has 2 fully saturated rings. The van der Waals surface area contributed by atoms with Crippen molar-refractivity contribution in [3.05, 3.63) is 72.3 Å². The Hall–Kier alpha value is -4.72. The molecule has 7 rings (SSSR count). The van der Waals surface area contributed by atoms with Crippen LogP contribution in [0, 0.1) is 34.0 Å². The first kappa shape index (κ1) is 55.6. The number of aliphatic hydroxyl groups excluding tert-OH is 1. The maximum absolute atomic E-state index is 14.1. The molecule has 4 aliphatic heterocycles. The van der Waals surface area contributed by atoms with E-state index in [1.807, 2.05) is 58.0 Å². The average Bonchev–Trinajstić information content (AvgIpc) is 4.15. The van der Waals surface area contributed by atoms with Crippen LogP contribution in [0.15, 0.2) is 76.5 Å². The van der Waals surface area contributed by atoms with Crippen molar-refractivity contribution in [1.82, 2.24) is 13.9 Å². The van der Waals surface area contributed by atoms with Crippen LogP contribution in [-0.2, 0) is 40.7 Å². The van der Waals surface area contributed by atoms with Gasteiger partial charge in [0.1, 0.15) is 6.10 Å². The summed E-state index contributed by atoms with van der Waals surface area (Å²) in [6.45, 7) is 14.4. The number of sulfonamides is 2. The third-order valence-corrected chi connectivity index (χ3v) is 16.5. The van der Waals surface area contributed by atoms with E-state index in [1.165, 1.54) is 16.4 Å². The fourth-order valence-corrected chi connectivity index (χ4v) is 12.6. The predicted octanol–water partition coefficient (Wildman–Crippen LogP) is 6.80. The van der Waals surface area contributed by atoms with Crippen LogP contribution in [0.4, 0.5) is 4.79 Å². The number of alkyl carbamates (subject to hydrolysis) is 1. The van der Waals surface area contributed by atoms with Crippen molar-refractivity contribution in [3.63, 3.8) is 0 Å². The molecule has 20 heteroatoms. The number of nitriles is 1. The zero-order valence-corrected chi connectivity index (χ0v) is 43.6. The quantitative estimate of drug-likeness (QED) is 0.0782. The second-order valence-corrected chi connectivity index (χ2v) is 24.5. The molecular formula is C51H73N5O13S2. The van der Waals surface area contributed by atoms with Gasteiger partial charge in [-0.1, -0.05) is 78.3 Å². The van der Waals surface area contributed by atoms with E-state index in [0.29, 0.717) is 68.5 Å². The minimum absolute atomic E-state index is 0.00245. The molecule has 0 radical (unpaired) electrons. The molecule has 0 spiro atoms. The summed E-state index contributed by atoms with van der Waals surface area (Å²) >= 11 is 0. The molecule has 0 aromatic heterocycles. The molecule has 5 atom stereocenters. The number of benzene rings is 3. The topological polar surface area (TPSA) is 239 Å². The van der Waals surface area contributed by atoms with Gasteiger partial charge in [0.05, 0.1) is 47.1 Å². The molecular weight excluding hydrogens is 955 g/mol. The Morgan fingerprint density at radius 1 is 0.817 bits per heavy atom. The summed E-state index contributed by atoms with van der Waals surface area (Å²) < 4.78 is 96.0. The summed E-state index contributed by atoms with van der Waals surface area (Å²) in [5.74, 6) is 2.02. The Morgan fingerprint density at radius 2 is 1.38 bits per heavy atom. The van der Waals surface area contributed by atoms with Crippen LogP contribution in [0.1, 0.15) is 92.1 Å². The summed E-state index contributed by atoms with van der Waals surface area (Å²) in [6.07, 6.45) is 2.50. The standard InChI is InChI=1S/C32H41N3O9S.C19H32N2O4S/c1-32(2,13-6-7-14-33)20-35(45(38,39)23-10-11-27-28(17-23)43-21-42-27)18-26(36)25(16-22-8-4-3-5-9-22)34-31(37)44-29-19-41-30-24(29)12-15-40-30;1-15(2)12-21(13-19(3,4)9-5-6-10-20)26(22,23)16-7-8-17-18(11-16)25-14-24-17/h3-5,8-11,17,24-26,29-30,36H,6-7,12-13,15-16,18-21H2,1-2H3,(H,34,37);7-8,11,15H,5-6,9-10,12-14,20H2,1-4H3/t24-,25-,26+,29-,30+;/m0./s1. The Bertz CT molecular complexity index is 2490. The van der Waals surface area contributed by atoms with E-state index in [0.717, 1.165) is 31.2 Å². The monoisotopic (exact) mass is 1030 g/mol. The van der Waals surface area contributed by atoms with Crippen molar-refractivity contribution in [2.45, 2.75) is 127 Å². The third-order valence-electron chi connectivity index (χ3n) is 12.9. The number of nitrogens with one attached hydrogen (secondary N) is 1. The Kier molecular flexibility index (Phi) is 19.4. The number of carbonyl (C=O) groups is 1. The zero-order chi connectivity index (χ0) is 51.4. The Morgan fingerprint density at radius 3 is 1.94 bits per heavy atom. The second kappa shape index (κ2) is 24.8. The van der Waals surface area contributed by atoms with Gasteiger partial charge in [-0.2, -0.15) is 13.9 Å². The zero-order valence-electron chi connectivity index (χ0n) is 41.9. The minimum Gasteiger partial charge on any atom is -0.454 e. The number of rotatable bonds is 24. The van der Waals surface area contributed by atoms with E-state index in [4.69, 9.17) is 44.2 Å². The first-order chi connectivity index (χ1) is 33.7. The van der Waals surface area contributed by atoms with Crippen LogP contribution in [0.2, 0.25) is 0 Å². The van der Waals surface area contributed by atoms with Gasteiger partial charge in [0.2, 0.25) is 33.6 Å². The lowest BCUT2D eigenvalue weighted by molar-refractivity contribution is -0.0907. The summed E-state index contributed by atoms with van der Waals surface area (Å²) in [7, 11) is -7.75. The second-order valence-electron chi connectivity index (χ2n) is 20.6. The summed E-state index contributed by atoms with van der Waals surface area (Å²) in [6, 6.07) is 19.8. The Balaban J connectivity index is 0.000000270. The van der Waals surface area contributed by atoms with Gasteiger partial charge >= 0.3 is 6.09 Å². The van der Waals surface area contributed by atoms with Gasteiger partial charge in [-0.15, -0.1) is 0 Å². The molecule has 0 bridgehead atoms. The molecule has 4 aliphatic rings. The molecule has 4 heterocycles. The van der Waals surface area contributed by atoms with E-state index < -0.39 is 49.8 Å². The third kappa shape index (κ3) is 15.4. The molecule has 0 unspecified atom stereocenters. The number of ether oxygens (including phenoxy) is 7. The van der Waals surface area contributed by atoms with Crippen LogP contribution >= 0.6 is 0 Å². The molecule has 1 amide bonds. The number of hydrogen-bond donors (Lipinski definition) is 3. The van der Waals surface area contributed by atoms with Crippen LogP contribution in [0.25, 0.3) is 0 Å². The highest BCUT2D eigenvalue weighted by Gasteiger charge is 2.44. The number of unbranched alkanes of at least 4 members (excludes halogenated alkanes) is 2. The first-order valence-electron chi connectivity index (χ1n) is 24.5. The summed E-state index contributed by atoms with van der Waals surface area (Å²) in [4.78, 5) is 13.4. The molecule has 71 heavy (non-hydrogen) atoms. The van der Waals surface area contributed by atoms with Crippen molar-refractivity contribution in [2.75, 3.05) is 59.5 Å². The van der Waals surface area contributed by atoms with E-state index in [-0.39, 0.29) is 73.0 Å². The number of fused-ring (bicyclic) bond motifs is 3. The normalized spacial score (nSPS) is 19.3. The van der Waals surface area contributed by atoms with Crippen LogP contribution < -0.4 is 30.0 Å². The van der Waals surface area contributed by atoms with Gasteiger partial charge < -0.3 is 49.3 Å². The summed E-state index contributed by atoms with van der Waals surface area (Å²) in [5.41, 5.74) is 5.79. The molecule has 0 aliphatic carbocycles. The number of nitrogens with zero attached hydrogens (tertiary/aromatic N) is 3. The highest BCUT2D eigenvalue weighted by Crippen LogP contribution is 2.38. The Labute approximate surface area is 420 Å². The smallest absolute Gasteiger partial charge is 0.407 e. The highest BCUT2D eigenvalue weighted by molar-refractivity contribution is 7.89. The molecule has 18 nitrogen and oxygen atoms in total. The minimum atomic E-state index is -4.15. The highest BCUT2D eigenvalue weighted by atomic mass is 32.2. The van der Waals surface area contributed by atoms with E-state index >= 15 is 0 Å². The van der Waals surface area contributed by atoms with Gasteiger partial charge in [0.15, 0.2) is 29.3 Å². The number of nitrogens with two attached hydrogens (primary N) is 1. The van der Waals surface area contributed by atoms with Gasteiger partial charge in [0.25, 0.3) is 0 Å². The fourth-order valence-electron chi connectivity index (χ4n) is 9.14. The number of hydrogen-bond acceptors (Lipinski definition) is 15. The average molecular weight is 1030 g/mol. The predicted molar refractivity (Wildman–Crippen MR) is 265 cm³/mol. The van der Waals surface area contributed by atoms with E-state index in [9.17, 15) is 26.7 Å². The number of aliphatic hydroxyl groups is 1. The van der Waals surface area contributed by atoms with Gasteiger partial charge in [-0.3, -0.25) is 0 Å². The summed E-state index contributed by atoms with van der Waals surface area (Å²) in [5, 5.41) is 23.5. The van der Waals surface area contributed by atoms with Crippen molar-refractivity contribution in [1.29, 1.82) is 5.26 Å². The first-order valence-corrected chi connectivity index (χ1v) is 27.4. The van der Waals surface area contributed by atoms with Gasteiger partial charge in [-0.25, -0.2) is 21.6 Å². The lowest BCUT2D eigenvalue weighted by atomic mass is 9.87. The van der Waals surface area contributed by atoms with E-state index in [2.05, 4.69) is 25.2 Å². The van der Waals surface area contributed by atoms with Crippen molar-refractivity contribution in [3.8, 4) is 29.1 Å². The SMILES string of the molecule is CC(C)(CCCC#N)CN(C[C@@H](O)[C@H](Cc1ccccc1)NC(=O)O[C@H]1CO[C@H]2OCC[C@H]21)S(=O)(=O)c1ccc2c(c1)OCO2.CC(C)CN(CC(C)(C)CCCCN)S(=O)(=O)c1ccc2c(c1)OCO2. The number of amides is 1. The fraction of sp³-hybridized carbons (Fsp3) is 0.608. The molecule has 2 saturated heterocycles. The van der Waals surface area contributed by atoms with Crippen molar-refractivity contribution < 1.29 is 59.9 Å². The van der Waals surface area contributed by atoms with Gasteiger partial charge in [-0.05, 0) is 91.6 Å². The number of carbonyl (C=O) groups excluding carboxylic acids is 1. The molecule has 3 aromatic rings. The lowest BCUT2D eigenvalue weighted by Gasteiger charge is -2.35. The maximum Gasteiger partial charge on any atom is 0.407 e. The molecule has 3 aromatic carbocycles. The van der Waals surface area contributed by atoms with Crippen molar-refractivity contribution in [2.24, 2.45) is 28.4 Å². The van der Waals surface area contributed by atoms with Gasteiger partial charge in [0, 0.05) is 44.7 Å².